The first kappa shape index (κ1) is 23.0. The van der Waals surface area contributed by atoms with Gasteiger partial charge >= 0.3 is 0 Å². The Bertz CT molecular complexity index is 1010. The molecule has 0 bridgehead atoms. The topological polar surface area (TPSA) is 60.9 Å². The number of Topliss-reactive ketones (excluding diaryl/α,β-unsaturated/α-hetero) is 1. The van der Waals surface area contributed by atoms with Crippen LogP contribution in [0.25, 0.3) is 5.76 Å². The molecule has 6 heteroatoms. The third-order valence-corrected chi connectivity index (χ3v) is 6.18. The Balaban J connectivity index is 2.13. The highest BCUT2D eigenvalue weighted by atomic mass is 35.5. The van der Waals surface area contributed by atoms with Crippen molar-refractivity contribution in [3.63, 3.8) is 0 Å². The van der Waals surface area contributed by atoms with E-state index in [0.717, 1.165) is 29.8 Å². The van der Waals surface area contributed by atoms with E-state index in [1.807, 2.05) is 32.0 Å². The Labute approximate surface area is 188 Å². The highest BCUT2D eigenvalue weighted by Crippen LogP contribution is 2.40. The maximum absolute atomic E-state index is 13.1. The van der Waals surface area contributed by atoms with Crippen LogP contribution in [0, 0.1) is 13.8 Å². The van der Waals surface area contributed by atoms with E-state index in [1.54, 1.807) is 29.2 Å². The number of hydrogen-bond acceptors (Lipinski definition) is 4. The Morgan fingerprint density at radius 1 is 1.06 bits per heavy atom. The lowest BCUT2D eigenvalue weighted by atomic mass is 9.93. The Kier molecular flexibility index (Phi) is 7.19. The summed E-state index contributed by atoms with van der Waals surface area (Å²) in [7, 11) is 0. The zero-order valence-corrected chi connectivity index (χ0v) is 19.2. The van der Waals surface area contributed by atoms with Crippen molar-refractivity contribution in [1.82, 2.24) is 9.80 Å². The summed E-state index contributed by atoms with van der Waals surface area (Å²) in [6.07, 6.45) is 0. The molecule has 1 aliphatic rings. The van der Waals surface area contributed by atoms with Gasteiger partial charge < -0.3 is 14.9 Å². The van der Waals surface area contributed by atoms with Crippen LogP contribution in [-0.4, -0.2) is 52.8 Å². The number of likely N-dealkylation sites (tertiary alicyclic amines) is 1. The van der Waals surface area contributed by atoms with E-state index in [9.17, 15) is 14.7 Å². The van der Waals surface area contributed by atoms with Gasteiger partial charge in [0.05, 0.1) is 11.6 Å². The van der Waals surface area contributed by atoms with Crippen molar-refractivity contribution in [2.75, 3.05) is 26.2 Å². The highest BCUT2D eigenvalue weighted by Gasteiger charge is 2.46. The number of aryl methyl sites for hydroxylation is 2. The maximum Gasteiger partial charge on any atom is 0.295 e. The third kappa shape index (κ3) is 4.68. The molecule has 2 aromatic rings. The number of aliphatic hydroxyl groups is 1. The molecule has 3 rings (SSSR count). The second-order valence-corrected chi connectivity index (χ2v) is 8.33. The van der Waals surface area contributed by atoms with Crippen LogP contribution in [0.2, 0.25) is 5.02 Å². The van der Waals surface area contributed by atoms with Gasteiger partial charge in [0.2, 0.25) is 0 Å². The summed E-state index contributed by atoms with van der Waals surface area (Å²) in [5.74, 6) is -1.37. The molecule has 1 heterocycles. The molecule has 0 saturated carbocycles. The number of amides is 1. The van der Waals surface area contributed by atoms with Crippen LogP contribution >= 0.6 is 11.6 Å². The van der Waals surface area contributed by atoms with Crippen molar-refractivity contribution >= 4 is 29.1 Å². The van der Waals surface area contributed by atoms with Crippen LogP contribution in [0.15, 0.2) is 48.0 Å². The average Bonchev–Trinajstić information content (AvgIpc) is 3.01. The number of carbonyl (C=O) groups is 2. The number of carbonyl (C=O) groups excluding carboxylic acids is 2. The summed E-state index contributed by atoms with van der Waals surface area (Å²) in [5.41, 5.74) is 3.24. The van der Waals surface area contributed by atoms with E-state index in [2.05, 4.69) is 18.7 Å². The first-order valence-corrected chi connectivity index (χ1v) is 11.0. The molecule has 1 saturated heterocycles. The molecule has 2 aromatic carbocycles. The van der Waals surface area contributed by atoms with Gasteiger partial charge in [0, 0.05) is 23.7 Å². The molecule has 31 heavy (non-hydrogen) atoms. The predicted octanol–water partition coefficient (Wildman–Crippen LogP) is 4.72. The number of ketones is 1. The van der Waals surface area contributed by atoms with Crippen molar-refractivity contribution in [2.45, 2.75) is 33.7 Å². The summed E-state index contributed by atoms with van der Waals surface area (Å²) in [4.78, 5) is 29.9. The van der Waals surface area contributed by atoms with E-state index in [1.165, 1.54) is 0 Å². The van der Waals surface area contributed by atoms with Gasteiger partial charge in [-0.15, -0.1) is 0 Å². The van der Waals surface area contributed by atoms with Crippen LogP contribution in [0.5, 0.6) is 0 Å². The molecule has 5 nitrogen and oxygen atoms in total. The molecule has 164 valence electrons. The zero-order valence-electron chi connectivity index (χ0n) is 18.5. The first-order chi connectivity index (χ1) is 14.8. The molecule has 1 fully saturated rings. The second kappa shape index (κ2) is 9.67. The van der Waals surface area contributed by atoms with Gasteiger partial charge in [-0.1, -0.05) is 55.3 Å². The fourth-order valence-corrected chi connectivity index (χ4v) is 4.15. The third-order valence-electron chi connectivity index (χ3n) is 5.93. The fourth-order valence-electron chi connectivity index (χ4n) is 4.03. The summed E-state index contributed by atoms with van der Waals surface area (Å²) >= 11 is 6.07. The normalized spacial score (nSPS) is 18.3. The van der Waals surface area contributed by atoms with Crippen molar-refractivity contribution in [2.24, 2.45) is 0 Å². The van der Waals surface area contributed by atoms with Crippen LogP contribution in [0.3, 0.4) is 0 Å². The van der Waals surface area contributed by atoms with Gasteiger partial charge in [-0.3, -0.25) is 9.59 Å². The standard InChI is InChI=1S/C25H29ClN2O3/c1-5-27(6-2)13-14-28-22(18-9-11-19(26)12-10-18)21(24(30)25(28)31)23(29)20-15-16(3)7-8-17(20)4/h7-12,15,22,29H,5-6,13-14H2,1-4H3. The van der Waals surface area contributed by atoms with Crippen LogP contribution < -0.4 is 0 Å². The smallest absolute Gasteiger partial charge is 0.295 e. The van der Waals surface area contributed by atoms with E-state index in [0.29, 0.717) is 23.7 Å². The molecular formula is C25H29ClN2O3. The minimum atomic E-state index is -0.659. The summed E-state index contributed by atoms with van der Waals surface area (Å²) in [6.45, 7) is 10.7. The molecule has 1 N–H and O–H groups in total. The van der Waals surface area contributed by atoms with Gasteiger partial charge in [-0.2, -0.15) is 0 Å². The largest absolute Gasteiger partial charge is 0.507 e. The fraction of sp³-hybridized carbons (Fsp3) is 0.360. The predicted molar refractivity (Wildman–Crippen MR) is 124 cm³/mol. The monoisotopic (exact) mass is 440 g/mol. The summed E-state index contributed by atoms with van der Waals surface area (Å²) < 4.78 is 0. The van der Waals surface area contributed by atoms with Gasteiger partial charge in [0.15, 0.2) is 0 Å². The quantitative estimate of drug-likeness (QED) is 0.384. The van der Waals surface area contributed by atoms with Crippen molar-refractivity contribution in [1.29, 1.82) is 0 Å². The van der Waals surface area contributed by atoms with Crippen molar-refractivity contribution in [3.05, 3.63) is 75.3 Å². The lowest BCUT2D eigenvalue weighted by Crippen LogP contribution is -2.38. The van der Waals surface area contributed by atoms with Crippen LogP contribution in [0.1, 0.15) is 42.1 Å². The SMILES string of the molecule is CCN(CC)CCN1C(=O)C(=O)C(=C(O)c2cc(C)ccc2C)C1c1ccc(Cl)cc1. The van der Waals surface area contributed by atoms with Gasteiger partial charge in [0.25, 0.3) is 11.7 Å². The number of rotatable bonds is 7. The van der Waals surface area contributed by atoms with Gasteiger partial charge in [-0.25, -0.2) is 0 Å². The number of hydrogen-bond donors (Lipinski definition) is 1. The number of halogens is 1. The molecule has 1 unspecified atom stereocenters. The maximum atomic E-state index is 13.1. The Hall–Kier alpha value is -2.63. The molecule has 0 aromatic heterocycles. The molecule has 1 amide bonds. The molecule has 0 aliphatic carbocycles. The Morgan fingerprint density at radius 2 is 1.71 bits per heavy atom. The number of nitrogens with zero attached hydrogens (tertiary/aromatic N) is 2. The average molecular weight is 441 g/mol. The van der Waals surface area contributed by atoms with E-state index in [4.69, 9.17) is 11.6 Å². The van der Waals surface area contributed by atoms with E-state index >= 15 is 0 Å². The Morgan fingerprint density at radius 3 is 2.32 bits per heavy atom. The highest BCUT2D eigenvalue weighted by molar-refractivity contribution is 6.46. The first-order valence-electron chi connectivity index (χ1n) is 10.6. The molecular weight excluding hydrogens is 412 g/mol. The van der Waals surface area contributed by atoms with Crippen molar-refractivity contribution in [3.8, 4) is 0 Å². The van der Waals surface area contributed by atoms with Crippen LogP contribution in [-0.2, 0) is 9.59 Å². The second-order valence-electron chi connectivity index (χ2n) is 7.89. The van der Waals surface area contributed by atoms with E-state index < -0.39 is 17.7 Å². The van der Waals surface area contributed by atoms with E-state index in [-0.39, 0.29) is 11.3 Å². The summed E-state index contributed by atoms with van der Waals surface area (Å²) in [6, 6.07) is 12.1. The molecule has 1 atom stereocenters. The lowest BCUT2D eigenvalue weighted by molar-refractivity contribution is -0.140. The van der Waals surface area contributed by atoms with Gasteiger partial charge in [-0.05, 0) is 56.3 Å². The minimum absolute atomic E-state index is 0.126. The van der Waals surface area contributed by atoms with Crippen LogP contribution in [0.4, 0.5) is 0 Å². The zero-order chi connectivity index (χ0) is 22.7. The molecule has 0 radical (unpaired) electrons. The molecule has 1 aliphatic heterocycles. The summed E-state index contributed by atoms with van der Waals surface area (Å²) in [5, 5.41) is 11.8. The molecule has 0 spiro atoms. The number of benzene rings is 2. The number of aliphatic hydroxyl groups excluding tert-OH is 1. The lowest BCUT2D eigenvalue weighted by Gasteiger charge is -2.28. The minimum Gasteiger partial charge on any atom is -0.507 e. The van der Waals surface area contributed by atoms with Crippen molar-refractivity contribution < 1.29 is 14.7 Å². The number of likely N-dealkylation sites (N-methyl/N-ethyl adjacent to an activating group) is 1. The van der Waals surface area contributed by atoms with Gasteiger partial charge in [0.1, 0.15) is 5.76 Å².